The maximum Gasteiger partial charge on any atom is 0.573 e. The SMILES string of the molecule is O=C(Nc1cccc(OC(F)(F)F)c1)c1ccc(Cn2ccccc2=O)o1. The minimum Gasteiger partial charge on any atom is -0.454 e. The van der Waals surface area contributed by atoms with Crippen LogP contribution in [0.1, 0.15) is 16.3 Å². The zero-order valence-electron chi connectivity index (χ0n) is 13.7. The highest BCUT2D eigenvalue weighted by atomic mass is 19.4. The topological polar surface area (TPSA) is 73.5 Å². The third-order valence-corrected chi connectivity index (χ3v) is 3.44. The molecule has 3 rings (SSSR count). The number of carbonyl (C=O) groups is 1. The molecule has 0 saturated carbocycles. The van der Waals surface area contributed by atoms with Gasteiger partial charge < -0.3 is 19.0 Å². The van der Waals surface area contributed by atoms with E-state index in [0.717, 1.165) is 12.1 Å². The smallest absolute Gasteiger partial charge is 0.454 e. The number of hydrogen-bond acceptors (Lipinski definition) is 4. The number of amides is 1. The van der Waals surface area contributed by atoms with E-state index in [-0.39, 0.29) is 23.6 Å². The van der Waals surface area contributed by atoms with E-state index in [2.05, 4.69) is 10.1 Å². The fourth-order valence-electron chi connectivity index (χ4n) is 2.31. The Bertz CT molecular complexity index is 1010. The van der Waals surface area contributed by atoms with Gasteiger partial charge in [0.2, 0.25) is 0 Å². The lowest BCUT2D eigenvalue weighted by molar-refractivity contribution is -0.274. The van der Waals surface area contributed by atoms with Crippen molar-refractivity contribution in [2.45, 2.75) is 12.9 Å². The molecular weight excluding hydrogens is 365 g/mol. The standard InChI is InChI=1S/C18H13F3N2O4/c19-18(20,21)27-13-5-3-4-12(10-13)22-17(25)15-8-7-14(26-15)11-23-9-2-1-6-16(23)24/h1-10H,11H2,(H,22,25). The summed E-state index contributed by atoms with van der Waals surface area (Å²) in [6.07, 6.45) is -3.25. The second-order valence-electron chi connectivity index (χ2n) is 5.46. The minimum absolute atomic E-state index is 0.0453. The monoisotopic (exact) mass is 378 g/mol. The molecule has 2 aromatic heterocycles. The van der Waals surface area contributed by atoms with Crippen LogP contribution < -0.4 is 15.6 Å². The number of nitrogens with one attached hydrogen (secondary N) is 1. The molecule has 1 N–H and O–H groups in total. The Morgan fingerprint density at radius 3 is 2.67 bits per heavy atom. The molecule has 0 atom stereocenters. The lowest BCUT2D eigenvalue weighted by Crippen LogP contribution is -2.18. The van der Waals surface area contributed by atoms with Gasteiger partial charge in [-0.1, -0.05) is 12.1 Å². The number of nitrogens with zero attached hydrogens (tertiary/aromatic N) is 1. The molecule has 0 unspecified atom stereocenters. The van der Waals surface area contributed by atoms with E-state index < -0.39 is 18.0 Å². The normalized spacial score (nSPS) is 11.2. The van der Waals surface area contributed by atoms with Crippen LogP contribution in [0.2, 0.25) is 0 Å². The predicted octanol–water partition coefficient (Wildman–Crippen LogP) is 3.64. The molecular formula is C18H13F3N2O4. The van der Waals surface area contributed by atoms with Gasteiger partial charge in [0.25, 0.3) is 11.5 Å². The number of hydrogen-bond donors (Lipinski definition) is 1. The number of benzene rings is 1. The van der Waals surface area contributed by atoms with Crippen molar-refractivity contribution < 1.29 is 27.1 Å². The van der Waals surface area contributed by atoms with Crippen molar-refractivity contribution in [1.82, 2.24) is 4.57 Å². The third kappa shape index (κ3) is 5.00. The molecule has 0 aliphatic carbocycles. The molecule has 0 saturated heterocycles. The van der Waals surface area contributed by atoms with Crippen LogP contribution in [0.15, 0.2) is 70.0 Å². The quantitative estimate of drug-likeness (QED) is 0.736. The average molecular weight is 378 g/mol. The molecule has 9 heteroatoms. The van der Waals surface area contributed by atoms with E-state index in [9.17, 15) is 22.8 Å². The first-order chi connectivity index (χ1) is 12.8. The first-order valence-corrected chi connectivity index (χ1v) is 7.71. The van der Waals surface area contributed by atoms with E-state index in [4.69, 9.17) is 4.42 Å². The molecule has 1 aromatic carbocycles. The van der Waals surface area contributed by atoms with Gasteiger partial charge in [0.05, 0.1) is 6.54 Å². The Morgan fingerprint density at radius 2 is 1.93 bits per heavy atom. The second-order valence-corrected chi connectivity index (χ2v) is 5.46. The number of ether oxygens (including phenoxy) is 1. The van der Waals surface area contributed by atoms with Crippen molar-refractivity contribution in [3.8, 4) is 5.75 Å². The number of carbonyl (C=O) groups excluding carboxylic acids is 1. The fraction of sp³-hybridized carbons (Fsp3) is 0.111. The number of anilines is 1. The number of pyridine rings is 1. The van der Waals surface area contributed by atoms with Crippen LogP contribution in [0.25, 0.3) is 0 Å². The van der Waals surface area contributed by atoms with Gasteiger partial charge in [-0.25, -0.2) is 0 Å². The summed E-state index contributed by atoms with van der Waals surface area (Å²) < 4.78 is 47.4. The van der Waals surface area contributed by atoms with Crippen molar-refractivity contribution in [2.24, 2.45) is 0 Å². The molecule has 0 bridgehead atoms. The van der Waals surface area contributed by atoms with E-state index in [1.165, 1.54) is 34.9 Å². The molecule has 0 fully saturated rings. The molecule has 1 amide bonds. The lowest BCUT2D eigenvalue weighted by Gasteiger charge is -2.10. The number of furan rings is 1. The molecule has 3 aromatic rings. The number of halogens is 3. The van der Waals surface area contributed by atoms with E-state index in [1.54, 1.807) is 18.3 Å². The van der Waals surface area contributed by atoms with Crippen LogP contribution in [-0.2, 0) is 6.54 Å². The zero-order chi connectivity index (χ0) is 19.4. The van der Waals surface area contributed by atoms with Gasteiger partial charge in [-0.15, -0.1) is 13.2 Å². The Labute approximate surface area is 150 Å². The van der Waals surface area contributed by atoms with Crippen LogP contribution in [-0.4, -0.2) is 16.8 Å². The predicted molar refractivity (Wildman–Crippen MR) is 89.6 cm³/mol. The maximum atomic E-state index is 12.3. The lowest BCUT2D eigenvalue weighted by atomic mass is 10.3. The third-order valence-electron chi connectivity index (χ3n) is 3.44. The van der Waals surface area contributed by atoms with Crippen LogP contribution in [0, 0.1) is 0 Å². The first kappa shape index (κ1) is 18.3. The first-order valence-electron chi connectivity index (χ1n) is 7.71. The number of rotatable bonds is 5. The summed E-state index contributed by atoms with van der Waals surface area (Å²) in [5.41, 5.74) is -0.111. The molecule has 2 heterocycles. The number of aromatic nitrogens is 1. The Morgan fingerprint density at radius 1 is 1.11 bits per heavy atom. The molecule has 27 heavy (non-hydrogen) atoms. The van der Waals surface area contributed by atoms with E-state index >= 15 is 0 Å². The second kappa shape index (κ2) is 7.40. The molecule has 0 radical (unpaired) electrons. The Hall–Kier alpha value is -3.49. The van der Waals surface area contributed by atoms with Crippen molar-refractivity contribution in [1.29, 1.82) is 0 Å². The van der Waals surface area contributed by atoms with Crippen LogP contribution in [0.3, 0.4) is 0 Å². The van der Waals surface area contributed by atoms with Crippen LogP contribution in [0.5, 0.6) is 5.75 Å². The van der Waals surface area contributed by atoms with Gasteiger partial charge in [-0.05, 0) is 30.3 Å². The summed E-state index contributed by atoms with van der Waals surface area (Å²) in [6.45, 7) is 0.141. The summed E-state index contributed by atoms with van der Waals surface area (Å²) in [4.78, 5) is 23.9. The highest BCUT2D eigenvalue weighted by Gasteiger charge is 2.31. The molecule has 6 nitrogen and oxygen atoms in total. The summed E-state index contributed by atoms with van der Waals surface area (Å²) in [7, 11) is 0. The Kier molecular flexibility index (Phi) is 5.02. The molecule has 140 valence electrons. The number of alkyl halides is 3. The van der Waals surface area contributed by atoms with Gasteiger partial charge in [-0.3, -0.25) is 9.59 Å². The minimum atomic E-state index is -4.83. The average Bonchev–Trinajstić information content (AvgIpc) is 3.04. The van der Waals surface area contributed by atoms with Gasteiger partial charge in [0, 0.05) is 24.0 Å². The molecule has 0 aliphatic rings. The molecule has 0 spiro atoms. The van der Waals surface area contributed by atoms with E-state index in [1.807, 2.05) is 0 Å². The maximum absolute atomic E-state index is 12.3. The summed E-state index contributed by atoms with van der Waals surface area (Å²) in [5.74, 6) is -0.770. The van der Waals surface area contributed by atoms with Crippen molar-refractivity contribution in [3.63, 3.8) is 0 Å². The van der Waals surface area contributed by atoms with Gasteiger partial charge >= 0.3 is 6.36 Å². The summed E-state index contributed by atoms with van der Waals surface area (Å²) in [6, 6.07) is 12.5. The van der Waals surface area contributed by atoms with Crippen LogP contribution >= 0.6 is 0 Å². The van der Waals surface area contributed by atoms with Gasteiger partial charge in [-0.2, -0.15) is 0 Å². The zero-order valence-corrected chi connectivity index (χ0v) is 13.7. The van der Waals surface area contributed by atoms with Crippen molar-refractivity contribution in [2.75, 3.05) is 5.32 Å². The summed E-state index contributed by atoms with van der Waals surface area (Å²) in [5, 5.41) is 2.42. The largest absolute Gasteiger partial charge is 0.573 e. The Balaban J connectivity index is 1.69. The van der Waals surface area contributed by atoms with Crippen molar-refractivity contribution in [3.05, 3.63) is 82.7 Å². The van der Waals surface area contributed by atoms with Gasteiger partial charge in [0.15, 0.2) is 5.76 Å². The van der Waals surface area contributed by atoms with Gasteiger partial charge in [0.1, 0.15) is 11.5 Å². The molecule has 0 aliphatic heterocycles. The van der Waals surface area contributed by atoms with Crippen LogP contribution in [0.4, 0.5) is 18.9 Å². The fourth-order valence-corrected chi connectivity index (χ4v) is 2.31. The summed E-state index contributed by atoms with van der Waals surface area (Å²) >= 11 is 0. The van der Waals surface area contributed by atoms with E-state index in [0.29, 0.717) is 5.76 Å². The highest BCUT2D eigenvalue weighted by Crippen LogP contribution is 2.25. The highest BCUT2D eigenvalue weighted by molar-refractivity contribution is 6.02. The van der Waals surface area contributed by atoms with Crippen molar-refractivity contribution >= 4 is 11.6 Å².